The minimum atomic E-state index is -0.817. The van der Waals surface area contributed by atoms with Crippen LogP contribution in [0.5, 0.6) is 5.75 Å². The predicted molar refractivity (Wildman–Crippen MR) is 246 cm³/mol. The number of rotatable bonds is 11. The molecule has 1 aliphatic heterocycles. The van der Waals surface area contributed by atoms with E-state index in [1.54, 1.807) is 0 Å². The molecule has 3 heteroatoms. The molecule has 59 heavy (non-hydrogen) atoms. The van der Waals surface area contributed by atoms with E-state index in [-0.39, 0.29) is 5.91 Å². The largest absolute Gasteiger partial charge is 0.472 e. The predicted octanol–water partition coefficient (Wildman–Crippen LogP) is 14.9. The number of ether oxygens (including phenoxy) is 1. The molecule has 1 amide bonds. The molecule has 294 valence electrons. The zero-order valence-corrected chi connectivity index (χ0v) is 34.3. The quantitative estimate of drug-likeness (QED) is 0.133. The van der Waals surface area contributed by atoms with E-state index < -0.39 is 5.60 Å². The van der Waals surface area contributed by atoms with Crippen molar-refractivity contribution in [3.8, 4) is 28.0 Å². The highest BCUT2D eigenvalue weighted by atomic mass is 16.5. The molecule has 0 bridgehead atoms. The number of hydrogen-bond donors (Lipinski definition) is 1. The van der Waals surface area contributed by atoms with Crippen molar-refractivity contribution in [2.75, 3.05) is 5.32 Å². The molecule has 9 rings (SSSR count). The molecule has 0 saturated heterocycles. The van der Waals surface area contributed by atoms with Crippen molar-refractivity contribution < 1.29 is 9.53 Å². The van der Waals surface area contributed by atoms with Crippen molar-refractivity contribution in [2.24, 2.45) is 5.92 Å². The van der Waals surface area contributed by atoms with Crippen molar-refractivity contribution in [3.05, 3.63) is 197 Å². The summed E-state index contributed by atoms with van der Waals surface area (Å²) >= 11 is 0. The van der Waals surface area contributed by atoms with Crippen LogP contribution in [0.15, 0.2) is 164 Å². The van der Waals surface area contributed by atoms with Gasteiger partial charge in [0.1, 0.15) is 5.75 Å². The van der Waals surface area contributed by atoms with Crippen LogP contribution in [0, 0.1) is 12.8 Å². The fraction of sp³-hybridized carbons (Fsp3) is 0.232. The molecule has 0 radical (unpaired) electrons. The van der Waals surface area contributed by atoms with Crippen molar-refractivity contribution >= 4 is 28.4 Å². The van der Waals surface area contributed by atoms with E-state index in [1.165, 1.54) is 62.5 Å². The summed E-state index contributed by atoms with van der Waals surface area (Å²) in [5.41, 5.74) is 10.7. The first-order chi connectivity index (χ1) is 29.0. The molecular weight excluding hydrogens is 719 g/mol. The lowest BCUT2D eigenvalue weighted by atomic mass is 9.77. The van der Waals surface area contributed by atoms with Gasteiger partial charge in [-0.2, -0.15) is 0 Å². The van der Waals surface area contributed by atoms with E-state index in [0.29, 0.717) is 11.5 Å². The lowest BCUT2D eigenvalue weighted by Gasteiger charge is -2.38. The number of anilines is 1. The zero-order valence-electron chi connectivity index (χ0n) is 34.3. The highest BCUT2D eigenvalue weighted by molar-refractivity contribution is 6.05. The second kappa shape index (κ2) is 17.0. The van der Waals surface area contributed by atoms with Gasteiger partial charge < -0.3 is 10.1 Å². The Bertz CT molecular complexity index is 2580. The summed E-state index contributed by atoms with van der Waals surface area (Å²) in [4.78, 5) is 13.6. The summed E-state index contributed by atoms with van der Waals surface area (Å²) in [7, 11) is 0. The number of aryl methyl sites for hydroxylation is 1. The van der Waals surface area contributed by atoms with Gasteiger partial charge in [0.05, 0.1) is 0 Å². The van der Waals surface area contributed by atoms with E-state index in [9.17, 15) is 4.79 Å². The van der Waals surface area contributed by atoms with Crippen LogP contribution in [0.4, 0.5) is 5.69 Å². The molecule has 0 spiro atoms. The number of hydrogen-bond acceptors (Lipinski definition) is 2. The highest BCUT2D eigenvalue weighted by Crippen LogP contribution is 2.49. The molecule has 2 aliphatic rings. The van der Waals surface area contributed by atoms with E-state index in [4.69, 9.17) is 4.74 Å². The summed E-state index contributed by atoms with van der Waals surface area (Å²) in [5.74, 6) is 2.29. The standard InChI is InChI=1S/C56H53NO2/c1-3-4-6-14-40-20-22-41(23-21-40)42-24-26-43(27-25-42)44-32-34-49(35-33-44)57-55(58)46-30-28-45(29-31-46)52-38-47-15-10-11-18-50(47)51-36-37-56(59-54(51)52,48-16-7-5-8-17-48)53-19-12-9-13-39(53)2/h5,7-13,15-19,24-38,40-41H,3-4,6,14,20-23H2,1-2H3,(H,57,58). The summed E-state index contributed by atoms with van der Waals surface area (Å²) < 4.78 is 7.35. The second-order valence-electron chi connectivity index (χ2n) is 16.7. The van der Waals surface area contributed by atoms with Crippen LogP contribution >= 0.6 is 0 Å². The molecular formula is C56H53NO2. The lowest BCUT2D eigenvalue weighted by molar-refractivity contribution is 0.102. The van der Waals surface area contributed by atoms with Gasteiger partial charge in [0.2, 0.25) is 0 Å². The van der Waals surface area contributed by atoms with Gasteiger partial charge >= 0.3 is 0 Å². The normalized spacial score (nSPS) is 18.5. The smallest absolute Gasteiger partial charge is 0.255 e. The first kappa shape index (κ1) is 38.3. The van der Waals surface area contributed by atoms with Gasteiger partial charge in [0.25, 0.3) is 5.91 Å². The first-order valence-electron chi connectivity index (χ1n) is 21.7. The van der Waals surface area contributed by atoms with E-state index in [1.807, 2.05) is 42.5 Å². The van der Waals surface area contributed by atoms with Crippen LogP contribution in [0.3, 0.4) is 0 Å². The van der Waals surface area contributed by atoms with Gasteiger partial charge in [-0.3, -0.25) is 4.79 Å². The molecule has 1 aliphatic carbocycles. The van der Waals surface area contributed by atoms with Crippen LogP contribution in [-0.2, 0) is 5.60 Å². The first-order valence-corrected chi connectivity index (χ1v) is 21.7. The number of nitrogens with one attached hydrogen (secondary N) is 1. The van der Waals surface area contributed by atoms with Crippen molar-refractivity contribution in [3.63, 3.8) is 0 Å². The average Bonchev–Trinajstić information content (AvgIpc) is 3.30. The maximum atomic E-state index is 13.6. The second-order valence-corrected chi connectivity index (χ2v) is 16.7. The Hall–Kier alpha value is -6.19. The Morgan fingerprint density at radius 2 is 1.36 bits per heavy atom. The molecule has 1 unspecified atom stereocenters. The van der Waals surface area contributed by atoms with Gasteiger partial charge in [-0.1, -0.05) is 160 Å². The Kier molecular flexibility index (Phi) is 11.0. The van der Waals surface area contributed by atoms with Crippen LogP contribution in [0.25, 0.3) is 39.1 Å². The van der Waals surface area contributed by atoms with E-state index in [2.05, 4.69) is 147 Å². The molecule has 1 heterocycles. The van der Waals surface area contributed by atoms with Crippen molar-refractivity contribution in [1.82, 2.24) is 0 Å². The van der Waals surface area contributed by atoms with Crippen molar-refractivity contribution in [2.45, 2.75) is 76.7 Å². The number of benzene rings is 7. The maximum absolute atomic E-state index is 13.6. The van der Waals surface area contributed by atoms with Crippen molar-refractivity contribution in [1.29, 1.82) is 0 Å². The number of unbranched alkanes of at least 4 members (excludes halogenated alkanes) is 2. The summed E-state index contributed by atoms with van der Waals surface area (Å²) in [6.45, 7) is 4.44. The van der Waals surface area contributed by atoms with E-state index >= 15 is 0 Å². The lowest BCUT2D eigenvalue weighted by Crippen LogP contribution is -2.35. The number of carbonyl (C=O) groups excluding carboxylic acids is 1. The van der Waals surface area contributed by atoms with Gasteiger partial charge in [0, 0.05) is 33.5 Å². The van der Waals surface area contributed by atoms with Crippen LogP contribution < -0.4 is 10.1 Å². The third-order valence-electron chi connectivity index (χ3n) is 12.9. The molecule has 1 N–H and O–H groups in total. The number of carbonyl (C=O) groups is 1. The van der Waals surface area contributed by atoms with Gasteiger partial charge in [-0.15, -0.1) is 0 Å². The third-order valence-corrected chi connectivity index (χ3v) is 12.9. The molecule has 7 aromatic rings. The molecule has 1 atom stereocenters. The van der Waals surface area contributed by atoms with E-state index in [0.717, 1.165) is 67.1 Å². The Labute approximate surface area is 349 Å². The van der Waals surface area contributed by atoms with Crippen LogP contribution in [-0.4, -0.2) is 5.91 Å². The monoisotopic (exact) mass is 771 g/mol. The van der Waals surface area contributed by atoms with Gasteiger partial charge in [0.15, 0.2) is 5.60 Å². The third kappa shape index (κ3) is 7.87. The Morgan fingerprint density at radius 1 is 0.695 bits per heavy atom. The SMILES string of the molecule is CCCCCC1CCC(c2ccc(-c3ccc(NC(=O)c4ccc(-c5cc6ccccc6c6c5OC(c5ccccc5)(c5ccccc5C)C=C6)cc4)cc3)cc2)CC1. The summed E-state index contributed by atoms with van der Waals surface area (Å²) in [6.07, 6.45) is 15.3. The molecule has 7 aromatic carbocycles. The van der Waals surface area contributed by atoms with Crippen LogP contribution in [0.1, 0.15) is 102 Å². The average molecular weight is 772 g/mol. The minimum absolute atomic E-state index is 0.142. The highest BCUT2D eigenvalue weighted by Gasteiger charge is 2.39. The summed E-state index contributed by atoms with van der Waals surface area (Å²) in [5, 5.41) is 5.39. The molecule has 1 saturated carbocycles. The molecule has 3 nitrogen and oxygen atoms in total. The molecule has 0 aromatic heterocycles. The van der Waals surface area contributed by atoms with Gasteiger partial charge in [-0.25, -0.2) is 0 Å². The van der Waals surface area contributed by atoms with Crippen LogP contribution in [0.2, 0.25) is 0 Å². The topological polar surface area (TPSA) is 38.3 Å². The molecule has 1 fully saturated rings. The summed E-state index contributed by atoms with van der Waals surface area (Å²) in [6, 6.07) is 54.8. The Morgan fingerprint density at radius 3 is 2.08 bits per heavy atom. The number of amides is 1. The fourth-order valence-electron chi connectivity index (χ4n) is 9.54. The number of fused-ring (bicyclic) bond motifs is 3. The Balaban J connectivity index is 0.921. The van der Waals surface area contributed by atoms with Gasteiger partial charge in [-0.05, 0) is 126 Å². The maximum Gasteiger partial charge on any atom is 0.255 e. The zero-order chi connectivity index (χ0) is 40.2. The minimum Gasteiger partial charge on any atom is -0.472 e. The fourth-order valence-corrected chi connectivity index (χ4v) is 9.54.